The van der Waals surface area contributed by atoms with Crippen LogP contribution >= 0.6 is 31.9 Å². The minimum absolute atomic E-state index is 0.0130. The van der Waals surface area contributed by atoms with E-state index in [4.69, 9.17) is 5.53 Å². The Morgan fingerprint density at radius 2 is 2.07 bits per heavy atom. The Bertz CT molecular complexity index is 421. The summed E-state index contributed by atoms with van der Waals surface area (Å²) in [5.74, 6) is -0.191. The summed E-state index contributed by atoms with van der Waals surface area (Å²) >= 11 is 6.17. The lowest BCUT2D eigenvalue weighted by Crippen LogP contribution is -2.02. The van der Waals surface area contributed by atoms with Crippen molar-refractivity contribution in [3.8, 4) is 5.75 Å². The van der Waals surface area contributed by atoms with Crippen molar-refractivity contribution < 1.29 is 13.5 Å². The van der Waals surface area contributed by atoms with Gasteiger partial charge in [0.15, 0.2) is 0 Å². The van der Waals surface area contributed by atoms with E-state index in [-0.39, 0.29) is 11.4 Å². The quantitative estimate of drug-likeness (QED) is 0.444. The number of hydrogen-bond donors (Lipinski definition) is 0. The van der Waals surface area contributed by atoms with Gasteiger partial charge in [-0.05, 0) is 17.7 Å². The molecule has 0 N–H and O–H groups in total. The molecule has 0 radical (unpaired) electrons. The predicted octanol–water partition coefficient (Wildman–Crippen LogP) is 4.75. The van der Waals surface area contributed by atoms with Crippen molar-refractivity contribution in [1.82, 2.24) is 0 Å². The standard InChI is InChI=1S/C7H3Br2F2N3O/c8-3-1-4(9)6(13-14-12)5(2-3)15-7(10)11/h1-2,7H. The SMILES string of the molecule is [N-]=[N+]=Nc1c(Br)cc(Br)cc1OC(F)F. The Balaban J connectivity index is 3.26. The van der Waals surface area contributed by atoms with Crippen LogP contribution in [0.25, 0.3) is 10.4 Å². The Hall–Kier alpha value is -0.850. The highest BCUT2D eigenvalue weighted by molar-refractivity contribution is 9.11. The number of ether oxygens (including phenoxy) is 1. The van der Waals surface area contributed by atoms with Crippen molar-refractivity contribution in [3.63, 3.8) is 0 Å². The molecule has 0 aliphatic carbocycles. The minimum Gasteiger partial charge on any atom is -0.434 e. The first-order valence-electron chi connectivity index (χ1n) is 3.53. The second-order valence-corrected chi connectivity index (χ2v) is 4.07. The highest BCUT2D eigenvalue weighted by atomic mass is 79.9. The van der Waals surface area contributed by atoms with Crippen molar-refractivity contribution in [2.24, 2.45) is 5.11 Å². The van der Waals surface area contributed by atoms with Gasteiger partial charge in [0.05, 0.1) is 5.69 Å². The van der Waals surface area contributed by atoms with Gasteiger partial charge in [0.1, 0.15) is 5.75 Å². The Morgan fingerprint density at radius 3 is 2.60 bits per heavy atom. The molecule has 0 fully saturated rings. The average Bonchev–Trinajstić information content (AvgIpc) is 2.10. The van der Waals surface area contributed by atoms with Crippen LogP contribution in [-0.4, -0.2) is 6.61 Å². The topological polar surface area (TPSA) is 58.0 Å². The largest absolute Gasteiger partial charge is 0.434 e. The first-order chi connectivity index (χ1) is 7.04. The zero-order valence-corrected chi connectivity index (χ0v) is 10.2. The van der Waals surface area contributed by atoms with E-state index in [1.165, 1.54) is 6.07 Å². The average molecular weight is 343 g/mol. The number of benzene rings is 1. The summed E-state index contributed by atoms with van der Waals surface area (Å²) in [6.07, 6.45) is 0. The fraction of sp³-hybridized carbons (Fsp3) is 0.143. The van der Waals surface area contributed by atoms with Crippen molar-refractivity contribution in [2.45, 2.75) is 6.61 Å². The van der Waals surface area contributed by atoms with E-state index < -0.39 is 6.61 Å². The van der Waals surface area contributed by atoms with Crippen molar-refractivity contribution in [2.75, 3.05) is 0 Å². The normalized spacial score (nSPS) is 9.93. The van der Waals surface area contributed by atoms with Crippen LogP contribution in [0.3, 0.4) is 0 Å². The molecule has 0 bridgehead atoms. The van der Waals surface area contributed by atoms with E-state index in [0.29, 0.717) is 8.95 Å². The molecule has 1 aromatic carbocycles. The number of alkyl halides is 2. The summed E-state index contributed by atoms with van der Waals surface area (Å²) in [5, 5.41) is 3.25. The molecule has 0 aliphatic rings. The van der Waals surface area contributed by atoms with Gasteiger partial charge in [-0.15, -0.1) is 0 Å². The van der Waals surface area contributed by atoms with E-state index in [1.807, 2.05) is 0 Å². The lowest BCUT2D eigenvalue weighted by atomic mass is 10.3. The van der Waals surface area contributed by atoms with Gasteiger partial charge in [0.2, 0.25) is 0 Å². The van der Waals surface area contributed by atoms with Gasteiger partial charge in [0.25, 0.3) is 0 Å². The third kappa shape index (κ3) is 3.33. The molecule has 1 aromatic rings. The predicted molar refractivity (Wildman–Crippen MR) is 57.3 cm³/mol. The van der Waals surface area contributed by atoms with E-state index >= 15 is 0 Å². The molecule has 0 aromatic heterocycles. The molecule has 0 aliphatic heterocycles. The number of rotatable bonds is 3. The maximum Gasteiger partial charge on any atom is 0.387 e. The smallest absolute Gasteiger partial charge is 0.387 e. The molecular formula is C7H3Br2F2N3O. The molecule has 0 saturated carbocycles. The monoisotopic (exact) mass is 341 g/mol. The molecule has 1 rings (SSSR count). The van der Waals surface area contributed by atoms with Crippen LogP contribution in [0.4, 0.5) is 14.5 Å². The number of halogens is 4. The fourth-order valence-corrected chi connectivity index (χ4v) is 2.14. The van der Waals surface area contributed by atoms with Crippen molar-refractivity contribution in [1.29, 1.82) is 0 Å². The molecule has 8 heteroatoms. The maximum absolute atomic E-state index is 12.0. The summed E-state index contributed by atoms with van der Waals surface area (Å²) in [4.78, 5) is 2.52. The highest BCUT2D eigenvalue weighted by Crippen LogP contribution is 2.39. The van der Waals surface area contributed by atoms with Gasteiger partial charge >= 0.3 is 6.61 Å². The van der Waals surface area contributed by atoms with Crippen LogP contribution in [0, 0.1) is 0 Å². The summed E-state index contributed by atoms with van der Waals surface area (Å²) in [6.45, 7) is -2.97. The van der Waals surface area contributed by atoms with Crippen LogP contribution in [-0.2, 0) is 0 Å². The highest BCUT2D eigenvalue weighted by Gasteiger charge is 2.12. The van der Waals surface area contributed by atoms with E-state index in [1.54, 1.807) is 6.07 Å². The fourth-order valence-electron chi connectivity index (χ4n) is 0.870. The first-order valence-corrected chi connectivity index (χ1v) is 5.12. The molecule has 0 spiro atoms. The van der Waals surface area contributed by atoms with Crippen LogP contribution < -0.4 is 4.74 Å². The zero-order valence-electron chi connectivity index (χ0n) is 6.99. The summed E-state index contributed by atoms with van der Waals surface area (Å²) < 4.78 is 29.1. The second kappa shape index (κ2) is 5.29. The molecule has 0 atom stereocenters. The summed E-state index contributed by atoms with van der Waals surface area (Å²) in [5.41, 5.74) is 8.24. The Kier molecular flexibility index (Phi) is 4.31. The van der Waals surface area contributed by atoms with Crippen molar-refractivity contribution >= 4 is 37.5 Å². The lowest BCUT2D eigenvalue weighted by molar-refractivity contribution is -0.0495. The molecule has 80 valence electrons. The van der Waals surface area contributed by atoms with Crippen LogP contribution in [0.5, 0.6) is 5.75 Å². The molecule has 0 heterocycles. The molecule has 0 saturated heterocycles. The number of hydrogen-bond acceptors (Lipinski definition) is 2. The van der Waals surface area contributed by atoms with Gasteiger partial charge in [-0.3, -0.25) is 0 Å². The molecule has 4 nitrogen and oxygen atoms in total. The third-order valence-corrected chi connectivity index (χ3v) is 2.42. The summed E-state index contributed by atoms with van der Waals surface area (Å²) in [6, 6.07) is 2.85. The van der Waals surface area contributed by atoms with Crippen LogP contribution in [0.1, 0.15) is 0 Å². The lowest BCUT2D eigenvalue weighted by Gasteiger charge is -2.09. The zero-order chi connectivity index (χ0) is 11.4. The van der Waals surface area contributed by atoms with Gasteiger partial charge < -0.3 is 4.74 Å². The van der Waals surface area contributed by atoms with Gasteiger partial charge in [-0.25, -0.2) is 0 Å². The maximum atomic E-state index is 12.0. The van der Waals surface area contributed by atoms with Gasteiger partial charge in [-0.2, -0.15) is 8.78 Å². The first kappa shape index (κ1) is 12.2. The second-order valence-electron chi connectivity index (χ2n) is 2.30. The number of nitrogens with zero attached hydrogens (tertiary/aromatic N) is 3. The summed E-state index contributed by atoms with van der Waals surface area (Å²) in [7, 11) is 0. The Labute approximate surface area is 100 Å². The van der Waals surface area contributed by atoms with Crippen molar-refractivity contribution in [3.05, 3.63) is 31.5 Å². The van der Waals surface area contributed by atoms with Gasteiger partial charge in [0, 0.05) is 13.9 Å². The number of azide groups is 1. The third-order valence-electron chi connectivity index (χ3n) is 1.35. The molecular weight excluding hydrogens is 340 g/mol. The van der Waals surface area contributed by atoms with Gasteiger partial charge in [-0.1, -0.05) is 37.0 Å². The minimum atomic E-state index is -2.97. The van der Waals surface area contributed by atoms with Crippen LogP contribution in [0.2, 0.25) is 0 Å². The molecule has 0 unspecified atom stereocenters. The van der Waals surface area contributed by atoms with E-state index in [9.17, 15) is 8.78 Å². The van der Waals surface area contributed by atoms with E-state index in [2.05, 4.69) is 46.6 Å². The molecule has 0 amide bonds. The molecule has 15 heavy (non-hydrogen) atoms. The van der Waals surface area contributed by atoms with E-state index in [0.717, 1.165) is 0 Å². The van der Waals surface area contributed by atoms with Crippen LogP contribution in [0.15, 0.2) is 26.2 Å². The Morgan fingerprint density at radius 1 is 1.40 bits per heavy atom.